The number of hydrogen-bond acceptors (Lipinski definition) is 4. The predicted molar refractivity (Wildman–Crippen MR) is 76.6 cm³/mol. The number of thiazole rings is 1. The van der Waals surface area contributed by atoms with Gasteiger partial charge in [0.05, 0.1) is 17.3 Å². The molecule has 0 saturated heterocycles. The molecule has 3 nitrogen and oxygen atoms in total. The second-order valence-corrected chi connectivity index (χ2v) is 6.81. The Morgan fingerprint density at radius 2 is 2.10 bits per heavy atom. The Bertz CT molecular complexity index is 456. The molecule has 0 aliphatic heterocycles. The summed E-state index contributed by atoms with van der Waals surface area (Å²) in [4.78, 5) is 5.82. The Labute approximate surface area is 126 Å². The van der Waals surface area contributed by atoms with Crippen molar-refractivity contribution in [1.82, 2.24) is 10.3 Å². The van der Waals surface area contributed by atoms with Crippen LogP contribution in [0.5, 0.6) is 0 Å². The summed E-state index contributed by atoms with van der Waals surface area (Å²) in [6.07, 6.45) is -1.47. The lowest BCUT2D eigenvalue weighted by atomic mass is 10.2. The second-order valence-electron chi connectivity index (χ2n) is 5.64. The molecule has 1 fully saturated rings. The van der Waals surface area contributed by atoms with Crippen LogP contribution >= 0.6 is 11.3 Å². The topological polar surface area (TPSA) is 34.1 Å². The molecule has 0 amide bonds. The smallest absolute Gasteiger partial charge is 0.372 e. The third kappa shape index (κ3) is 5.92. The summed E-state index contributed by atoms with van der Waals surface area (Å²) < 4.78 is 40.6. The van der Waals surface area contributed by atoms with Gasteiger partial charge in [-0.2, -0.15) is 13.2 Å². The highest BCUT2D eigenvalue weighted by Crippen LogP contribution is 2.42. The van der Waals surface area contributed by atoms with Crippen LogP contribution in [0.25, 0.3) is 0 Å². The van der Waals surface area contributed by atoms with E-state index in [1.807, 2.05) is 0 Å². The van der Waals surface area contributed by atoms with E-state index >= 15 is 0 Å². The Morgan fingerprint density at radius 1 is 1.38 bits per heavy atom. The van der Waals surface area contributed by atoms with E-state index in [0.29, 0.717) is 18.4 Å². The summed E-state index contributed by atoms with van der Waals surface area (Å²) >= 11 is 1.59. The van der Waals surface area contributed by atoms with Gasteiger partial charge in [0.25, 0.3) is 0 Å². The van der Waals surface area contributed by atoms with Gasteiger partial charge in [-0.25, -0.2) is 4.98 Å². The molecule has 1 saturated carbocycles. The monoisotopic (exact) mass is 322 g/mol. The van der Waals surface area contributed by atoms with Crippen LogP contribution in [-0.4, -0.2) is 30.4 Å². The van der Waals surface area contributed by atoms with Gasteiger partial charge < -0.3 is 10.1 Å². The molecule has 1 aliphatic carbocycles. The number of nitrogens with zero attached hydrogens (tertiary/aromatic N) is 1. The first kappa shape index (κ1) is 16.7. The van der Waals surface area contributed by atoms with Gasteiger partial charge in [0.1, 0.15) is 6.61 Å². The van der Waals surface area contributed by atoms with Crippen LogP contribution in [0.2, 0.25) is 0 Å². The molecule has 0 radical (unpaired) electrons. The van der Waals surface area contributed by atoms with E-state index in [1.165, 1.54) is 17.7 Å². The van der Waals surface area contributed by atoms with E-state index in [-0.39, 0.29) is 6.61 Å². The summed E-state index contributed by atoms with van der Waals surface area (Å²) in [6.45, 7) is 3.84. The lowest BCUT2D eigenvalue weighted by Crippen LogP contribution is -2.21. The van der Waals surface area contributed by atoms with Gasteiger partial charge in [-0.1, -0.05) is 13.8 Å². The molecule has 1 aliphatic rings. The molecule has 0 unspecified atom stereocenters. The first-order valence-electron chi connectivity index (χ1n) is 7.21. The zero-order valence-corrected chi connectivity index (χ0v) is 13.1. The quantitative estimate of drug-likeness (QED) is 0.742. The fraction of sp³-hybridized carbons (Fsp3) is 0.786. The fourth-order valence-corrected chi connectivity index (χ4v) is 3.05. The second kappa shape index (κ2) is 7.07. The highest BCUT2D eigenvalue weighted by molar-refractivity contribution is 7.11. The van der Waals surface area contributed by atoms with Crippen molar-refractivity contribution in [3.63, 3.8) is 0 Å². The standard InChI is InChI=1S/C14H21F3N2OS/c1-9(2)18-7-11-13(10-3-4-10)19-12(21-11)5-6-20-8-14(15,16)17/h9-10,18H,3-8H2,1-2H3. The van der Waals surface area contributed by atoms with E-state index in [2.05, 4.69) is 28.9 Å². The van der Waals surface area contributed by atoms with Crippen molar-refractivity contribution in [2.24, 2.45) is 0 Å². The van der Waals surface area contributed by atoms with Crippen LogP contribution in [0.15, 0.2) is 0 Å². The van der Waals surface area contributed by atoms with E-state index in [1.54, 1.807) is 11.3 Å². The molecule has 0 bridgehead atoms. The fourth-order valence-electron chi connectivity index (χ4n) is 1.97. The van der Waals surface area contributed by atoms with Gasteiger partial charge >= 0.3 is 6.18 Å². The summed E-state index contributed by atoms with van der Waals surface area (Å²) in [5.41, 5.74) is 1.14. The number of alkyl halides is 3. The van der Waals surface area contributed by atoms with Gasteiger partial charge in [-0.3, -0.25) is 0 Å². The first-order valence-corrected chi connectivity index (χ1v) is 8.03. The molecule has 21 heavy (non-hydrogen) atoms. The highest BCUT2D eigenvalue weighted by Gasteiger charge is 2.30. The van der Waals surface area contributed by atoms with E-state index in [0.717, 1.165) is 17.2 Å². The molecule has 0 atom stereocenters. The molecule has 1 N–H and O–H groups in total. The largest absolute Gasteiger partial charge is 0.411 e. The number of halogens is 3. The molecule has 1 aromatic heterocycles. The summed E-state index contributed by atoms with van der Waals surface area (Å²) in [5, 5.41) is 4.25. The minimum Gasteiger partial charge on any atom is -0.372 e. The van der Waals surface area contributed by atoms with Crippen molar-refractivity contribution < 1.29 is 17.9 Å². The Kier molecular flexibility index (Phi) is 5.62. The zero-order chi connectivity index (χ0) is 15.5. The van der Waals surface area contributed by atoms with Crippen LogP contribution in [0.1, 0.15) is 48.2 Å². The molecule has 120 valence electrons. The Morgan fingerprint density at radius 3 is 2.67 bits per heavy atom. The Balaban J connectivity index is 1.86. The molecule has 2 rings (SSSR count). The number of hydrogen-bond donors (Lipinski definition) is 1. The maximum absolute atomic E-state index is 12.0. The van der Waals surface area contributed by atoms with Crippen molar-refractivity contribution >= 4 is 11.3 Å². The SMILES string of the molecule is CC(C)NCc1sc(CCOCC(F)(F)F)nc1C1CC1. The van der Waals surface area contributed by atoms with Crippen molar-refractivity contribution in [2.75, 3.05) is 13.2 Å². The average Bonchev–Trinajstić information content (AvgIpc) is 3.13. The van der Waals surface area contributed by atoms with E-state index in [9.17, 15) is 13.2 Å². The van der Waals surface area contributed by atoms with E-state index < -0.39 is 12.8 Å². The van der Waals surface area contributed by atoms with Crippen molar-refractivity contribution in [2.45, 2.75) is 57.8 Å². The molecule has 1 heterocycles. The average molecular weight is 322 g/mol. The molecule has 0 spiro atoms. The third-order valence-electron chi connectivity index (χ3n) is 3.13. The first-order chi connectivity index (χ1) is 9.85. The number of ether oxygens (including phenoxy) is 1. The molecular formula is C14H21F3N2OS. The highest BCUT2D eigenvalue weighted by atomic mass is 32.1. The minimum absolute atomic E-state index is 0.0637. The Hall–Kier alpha value is -0.660. The van der Waals surface area contributed by atoms with E-state index in [4.69, 9.17) is 0 Å². The van der Waals surface area contributed by atoms with Gasteiger partial charge in [0.2, 0.25) is 0 Å². The van der Waals surface area contributed by atoms with Crippen LogP contribution in [0, 0.1) is 0 Å². The van der Waals surface area contributed by atoms with Crippen molar-refractivity contribution in [1.29, 1.82) is 0 Å². The molecule has 1 aromatic rings. The molecular weight excluding hydrogens is 301 g/mol. The van der Waals surface area contributed by atoms with Gasteiger partial charge in [0, 0.05) is 29.8 Å². The van der Waals surface area contributed by atoms with Crippen molar-refractivity contribution in [3.05, 3.63) is 15.6 Å². The van der Waals surface area contributed by atoms with Gasteiger partial charge in [-0.05, 0) is 12.8 Å². The van der Waals surface area contributed by atoms with Crippen LogP contribution in [0.4, 0.5) is 13.2 Å². The number of aromatic nitrogens is 1. The zero-order valence-electron chi connectivity index (χ0n) is 12.3. The predicted octanol–water partition coefficient (Wildman–Crippen LogP) is 3.64. The third-order valence-corrected chi connectivity index (χ3v) is 4.26. The maximum atomic E-state index is 12.0. The number of rotatable bonds is 8. The minimum atomic E-state index is -4.26. The lowest BCUT2D eigenvalue weighted by molar-refractivity contribution is -0.173. The molecule has 0 aromatic carbocycles. The van der Waals surface area contributed by atoms with Gasteiger partial charge in [-0.15, -0.1) is 11.3 Å². The van der Waals surface area contributed by atoms with Crippen molar-refractivity contribution in [3.8, 4) is 0 Å². The summed E-state index contributed by atoms with van der Waals surface area (Å²) in [5.74, 6) is 0.551. The lowest BCUT2D eigenvalue weighted by Gasteiger charge is -2.07. The van der Waals surface area contributed by atoms with Crippen LogP contribution in [-0.2, 0) is 17.7 Å². The normalized spacial score (nSPS) is 15.9. The maximum Gasteiger partial charge on any atom is 0.411 e. The molecule has 7 heteroatoms. The van der Waals surface area contributed by atoms with Crippen LogP contribution < -0.4 is 5.32 Å². The van der Waals surface area contributed by atoms with Gasteiger partial charge in [0.15, 0.2) is 0 Å². The summed E-state index contributed by atoms with van der Waals surface area (Å²) in [6, 6.07) is 0.401. The number of nitrogens with one attached hydrogen (secondary N) is 1. The summed E-state index contributed by atoms with van der Waals surface area (Å²) in [7, 11) is 0. The van der Waals surface area contributed by atoms with Crippen LogP contribution in [0.3, 0.4) is 0 Å².